The van der Waals surface area contributed by atoms with E-state index in [1.807, 2.05) is 0 Å². The number of rotatable bonds is 3. The number of halogens is 3. The number of benzene rings is 1. The number of carboxylic acid groups (broad SMARTS) is 1. The number of pyridine rings is 1. The first kappa shape index (κ1) is 14.0. The molecule has 0 fully saturated rings. The van der Waals surface area contributed by atoms with Crippen molar-refractivity contribution in [3.8, 4) is 0 Å². The quantitative estimate of drug-likeness (QED) is 0.914. The van der Waals surface area contributed by atoms with Gasteiger partial charge in [0.1, 0.15) is 10.8 Å². The van der Waals surface area contributed by atoms with Crippen LogP contribution in [0.2, 0.25) is 0 Å². The molecule has 3 nitrogen and oxygen atoms in total. The Bertz CT molecular complexity index is 652. The molecule has 98 valence electrons. The van der Waals surface area contributed by atoms with E-state index in [-0.39, 0.29) is 15.5 Å². The molecule has 0 saturated carbocycles. The average molecular weight is 346 g/mol. The number of aromatic nitrogens is 1. The molecule has 1 aromatic heterocycles. The van der Waals surface area contributed by atoms with E-state index in [4.69, 9.17) is 5.11 Å². The van der Waals surface area contributed by atoms with Crippen LogP contribution in [0.3, 0.4) is 0 Å². The van der Waals surface area contributed by atoms with E-state index < -0.39 is 17.6 Å². The number of hydrogen-bond donors (Lipinski definition) is 1. The molecule has 0 spiro atoms. The van der Waals surface area contributed by atoms with Crippen molar-refractivity contribution in [3.63, 3.8) is 0 Å². The first-order valence-electron chi connectivity index (χ1n) is 4.99. The van der Waals surface area contributed by atoms with Crippen LogP contribution in [0.15, 0.2) is 44.9 Å². The third kappa shape index (κ3) is 3.30. The summed E-state index contributed by atoms with van der Waals surface area (Å²) in [6, 6.07) is 4.52. The third-order valence-corrected chi connectivity index (χ3v) is 3.62. The summed E-state index contributed by atoms with van der Waals surface area (Å²) in [6.45, 7) is 0. The normalized spacial score (nSPS) is 10.5. The highest BCUT2D eigenvalue weighted by Gasteiger charge is 2.13. The molecular formula is C12H6BrF2NO2S. The Balaban J connectivity index is 2.37. The van der Waals surface area contributed by atoms with Gasteiger partial charge < -0.3 is 5.11 Å². The van der Waals surface area contributed by atoms with E-state index in [0.29, 0.717) is 4.47 Å². The van der Waals surface area contributed by atoms with Crippen molar-refractivity contribution in [1.82, 2.24) is 4.98 Å². The molecule has 2 aromatic rings. The zero-order valence-corrected chi connectivity index (χ0v) is 11.6. The Hall–Kier alpha value is -1.47. The molecule has 19 heavy (non-hydrogen) atoms. The fourth-order valence-electron chi connectivity index (χ4n) is 1.30. The van der Waals surface area contributed by atoms with Gasteiger partial charge >= 0.3 is 5.97 Å². The molecule has 7 heteroatoms. The van der Waals surface area contributed by atoms with Crippen molar-refractivity contribution in [3.05, 3.63) is 52.1 Å². The van der Waals surface area contributed by atoms with Gasteiger partial charge in [0.15, 0.2) is 5.82 Å². The van der Waals surface area contributed by atoms with Crippen LogP contribution in [-0.2, 0) is 0 Å². The molecule has 0 atom stereocenters. The fraction of sp³-hybridized carbons (Fsp3) is 0. The van der Waals surface area contributed by atoms with Crippen LogP contribution in [0.1, 0.15) is 10.4 Å². The van der Waals surface area contributed by atoms with Crippen molar-refractivity contribution in [2.75, 3.05) is 0 Å². The molecule has 2 rings (SSSR count). The Morgan fingerprint density at radius 2 is 2.00 bits per heavy atom. The number of nitrogens with zero attached hydrogens (tertiary/aromatic N) is 1. The molecule has 1 N–H and O–H groups in total. The van der Waals surface area contributed by atoms with Gasteiger partial charge in [-0.3, -0.25) is 0 Å². The van der Waals surface area contributed by atoms with Crippen molar-refractivity contribution < 1.29 is 18.7 Å². The molecule has 0 radical (unpaired) electrons. The summed E-state index contributed by atoms with van der Waals surface area (Å²) in [7, 11) is 0. The zero-order valence-electron chi connectivity index (χ0n) is 9.23. The predicted octanol–water partition coefficient (Wildman–Crippen LogP) is 3.97. The second-order valence-corrected chi connectivity index (χ2v) is 5.44. The lowest BCUT2D eigenvalue weighted by molar-refractivity contribution is 0.0696. The molecule has 0 saturated heterocycles. The molecule has 0 amide bonds. The van der Waals surface area contributed by atoms with Gasteiger partial charge in [-0.1, -0.05) is 11.8 Å². The molecule has 1 aromatic carbocycles. The summed E-state index contributed by atoms with van der Waals surface area (Å²) in [5, 5.41) is 8.81. The van der Waals surface area contributed by atoms with E-state index in [1.54, 1.807) is 0 Å². The van der Waals surface area contributed by atoms with Gasteiger partial charge in [-0.15, -0.1) is 0 Å². The van der Waals surface area contributed by atoms with Gasteiger partial charge in [0.2, 0.25) is 0 Å². The topological polar surface area (TPSA) is 50.2 Å². The summed E-state index contributed by atoms with van der Waals surface area (Å²) in [6.07, 6.45) is 1.38. The van der Waals surface area contributed by atoms with Crippen LogP contribution in [-0.4, -0.2) is 16.1 Å². The molecule has 0 aliphatic rings. The minimum absolute atomic E-state index is 0.00798. The summed E-state index contributed by atoms with van der Waals surface area (Å²) >= 11 is 3.80. The summed E-state index contributed by atoms with van der Waals surface area (Å²) in [5.41, 5.74) is -0.0681. The van der Waals surface area contributed by atoms with Gasteiger partial charge in [0, 0.05) is 10.7 Å². The molecule has 1 heterocycles. The highest BCUT2D eigenvalue weighted by Crippen LogP contribution is 2.31. The Morgan fingerprint density at radius 1 is 1.26 bits per heavy atom. The molecular weight excluding hydrogens is 340 g/mol. The Labute approximate surface area is 119 Å². The van der Waals surface area contributed by atoms with E-state index in [9.17, 15) is 13.6 Å². The largest absolute Gasteiger partial charge is 0.478 e. The number of hydrogen-bond acceptors (Lipinski definition) is 3. The predicted molar refractivity (Wildman–Crippen MR) is 69.4 cm³/mol. The SMILES string of the molecule is O=C(O)c1ccc(F)c(Sc2ncc(Br)cc2F)c1. The summed E-state index contributed by atoms with van der Waals surface area (Å²) < 4.78 is 27.6. The maximum absolute atomic E-state index is 13.6. The maximum atomic E-state index is 13.6. The minimum Gasteiger partial charge on any atom is -0.478 e. The third-order valence-electron chi connectivity index (χ3n) is 2.16. The van der Waals surface area contributed by atoms with Crippen molar-refractivity contribution >= 4 is 33.7 Å². The fourth-order valence-corrected chi connectivity index (χ4v) is 2.42. The van der Waals surface area contributed by atoms with Crippen LogP contribution in [0.4, 0.5) is 8.78 Å². The standard InChI is InChI=1S/C12H6BrF2NO2S/c13-7-4-9(15)11(16-5-7)19-10-3-6(12(17)18)1-2-8(10)14/h1-5H,(H,17,18). The molecule has 0 aliphatic heterocycles. The minimum atomic E-state index is -1.17. The van der Waals surface area contributed by atoms with Crippen molar-refractivity contribution in [2.24, 2.45) is 0 Å². The van der Waals surface area contributed by atoms with E-state index in [0.717, 1.165) is 30.0 Å². The molecule has 0 unspecified atom stereocenters. The molecule has 0 aliphatic carbocycles. The van der Waals surface area contributed by atoms with Crippen LogP contribution in [0, 0.1) is 11.6 Å². The van der Waals surface area contributed by atoms with Crippen LogP contribution in [0.5, 0.6) is 0 Å². The van der Waals surface area contributed by atoms with Crippen molar-refractivity contribution in [1.29, 1.82) is 0 Å². The monoisotopic (exact) mass is 345 g/mol. The Morgan fingerprint density at radius 3 is 2.63 bits per heavy atom. The molecule has 0 bridgehead atoms. The first-order chi connectivity index (χ1) is 8.97. The van der Waals surface area contributed by atoms with Gasteiger partial charge in [0.05, 0.1) is 10.5 Å². The number of aromatic carboxylic acids is 1. The number of carbonyl (C=O) groups is 1. The lowest BCUT2D eigenvalue weighted by atomic mass is 10.2. The average Bonchev–Trinajstić information content (AvgIpc) is 2.34. The summed E-state index contributed by atoms with van der Waals surface area (Å²) in [4.78, 5) is 14.6. The Kier molecular flexibility index (Phi) is 4.16. The highest BCUT2D eigenvalue weighted by molar-refractivity contribution is 9.10. The van der Waals surface area contributed by atoms with Gasteiger partial charge in [-0.25, -0.2) is 18.6 Å². The lowest BCUT2D eigenvalue weighted by Gasteiger charge is -2.05. The summed E-state index contributed by atoms with van der Waals surface area (Å²) in [5.74, 6) is -2.41. The highest BCUT2D eigenvalue weighted by atomic mass is 79.9. The van der Waals surface area contributed by atoms with E-state index in [2.05, 4.69) is 20.9 Å². The number of carboxylic acids is 1. The second kappa shape index (κ2) is 5.66. The lowest BCUT2D eigenvalue weighted by Crippen LogP contribution is -1.97. The van der Waals surface area contributed by atoms with E-state index in [1.165, 1.54) is 12.3 Å². The van der Waals surface area contributed by atoms with Crippen LogP contribution >= 0.6 is 27.7 Å². The van der Waals surface area contributed by atoms with Gasteiger partial charge in [-0.2, -0.15) is 0 Å². The van der Waals surface area contributed by atoms with Crippen LogP contribution in [0.25, 0.3) is 0 Å². The van der Waals surface area contributed by atoms with Gasteiger partial charge in [0.25, 0.3) is 0 Å². The smallest absolute Gasteiger partial charge is 0.335 e. The van der Waals surface area contributed by atoms with Crippen LogP contribution < -0.4 is 0 Å². The van der Waals surface area contributed by atoms with Crippen molar-refractivity contribution in [2.45, 2.75) is 9.92 Å². The zero-order chi connectivity index (χ0) is 14.0. The second-order valence-electron chi connectivity index (χ2n) is 3.49. The van der Waals surface area contributed by atoms with Gasteiger partial charge in [-0.05, 0) is 40.2 Å². The first-order valence-corrected chi connectivity index (χ1v) is 6.60. The van der Waals surface area contributed by atoms with E-state index >= 15 is 0 Å². The maximum Gasteiger partial charge on any atom is 0.335 e.